The number of benzene rings is 3. The van der Waals surface area contributed by atoms with E-state index in [0.717, 1.165) is 11.9 Å². The summed E-state index contributed by atoms with van der Waals surface area (Å²) in [5.41, 5.74) is 3.51. The van der Waals surface area contributed by atoms with Crippen LogP contribution in [0.25, 0.3) is 11.1 Å². The molecule has 1 N–H and O–H groups in total. The fraction of sp³-hybridized carbons (Fsp3) is 0.130. The summed E-state index contributed by atoms with van der Waals surface area (Å²) in [6, 6.07) is 20.4. The zero-order valence-corrected chi connectivity index (χ0v) is 16.6. The maximum atomic E-state index is 12.7. The van der Waals surface area contributed by atoms with Gasteiger partial charge in [0.25, 0.3) is 5.91 Å². The van der Waals surface area contributed by atoms with Gasteiger partial charge in [-0.1, -0.05) is 41.9 Å². The van der Waals surface area contributed by atoms with Crippen molar-refractivity contribution in [2.45, 2.75) is 12.8 Å². The van der Waals surface area contributed by atoms with Gasteiger partial charge in [0.2, 0.25) is 0 Å². The van der Waals surface area contributed by atoms with Crippen molar-refractivity contribution in [2.75, 3.05) is 12.4 Å². The summed E-state index contributed by atoms with van der Waals surface area (Å²) < 4.78 is 11.1. The van der Waals surface area contributed by atoms with E-state index in [-0.39, 0.29) is 5.91 Å². The standard InChI is InChI=1S/C23H19ClN2O3/c1-28-20-11-9-17(24)14-19(20)26-23(27)16-8-10-18-21(13-16)29-22(25-18)12-7-15-5-3-2-4-6-15/h2-6,8-11,13-14H,7,12H2,1H3,(H,26,27). The predicted octanol–water partition coefficient (Wildman–Crippen LogP) is 5.53. The number of carbonyl (C=O) groups is 1. The summed E-state index contributed by atoms with van der Waals surface area (Å²) in [5, 5.41) is 3.34. The number of halogens is 1. The van der Waals surface area contributed by atoms with Gasteiger partial charge in [-0.2, -0.15) is 0 Å². The van der Waals surface area contributed by atoms with Gasteiger partial charge in [-0.15, -0.1) is 0 Å². The number of nitrogens with zero attached hydrogens (tertiary/aromatic N) is 1. The van der Waals surface area contributed by atoms with Gasteiger partial charge in [-0.25, -0.2) is 4.98 Å². The predicted molar refractivity (Wildman–Crippen MR) is 114 cm³/mol. The highest BCUT2D eigenvalue weighted by Gasteiger charge is 2.13. The smallest absolute Gasteiger partial charge is 0.255 e. The van der Waals surface area contributed by atoms with Crippen molar-refractivity contribution < 1.29 is 13.9 Å². The third-order valence-corrected chi connectivity index (χ3v) is 4.81. The second kappa shape index (κ2) is 8.37. The van der Waals surface area contributed by atoms with Crippen molar-refractivity contribution >= 4 is 34.3 Å². The second-order valence-electron chi connectivity index (χ2n) is 6.57. The fourth-order valence-electron chi connectivity index (χ4n) is 3.09. The fourth-order valence-corrected chi connectivity index (χ4v) is 3.26. The van der Waals surface area contributed by atoms with E-state index in [1.165, 1.54) is 12.7 Å². The highest BCUT2D eigenvalue weighted by molar-refractivity contribution is 6.31. The first-order chi connectivity index (χ1) is 14.1. The average Bonchev–Trinajstić information content (AvgIpc) is 3.15. The highest BCUT2D eigenvalue weighted by atomic mass is 35.5. The van der Waals surface area contributed by atoms with Gasteiger partial charge in [-0.05, 0) is 48.4 Å². The Hall–Kier alpha value is -3.31. The van der Waals surface area contributed by atoms with Crippen molar-refractivity contribution in [3.8, 4) is 5.75 Å². The lowest BCUT2D eigenvalue weighted by Crippen LogP contribution is -2.12. The normalized spacial score (nSPS) is 10.8. The molecular formula is C23H19ClN2O3. The number of aryl methyl sites for hydroxylation is 2. The van der Waals surface area contributed by atoms with Gasteiger partial charge < -0.3 is 14.5 Å². The van der Waals surface area contributed by atoms with Crippen LogP contribution >= 0.6 is 11.6 Å². The van der Waals surface area contributed by atoms with Crippen molar-refractivity contribution in [1.82, 2.24) is 4.98 Å². The Morgan fingerprint density at radius 2 is 1.90 bits per heavy atom. The van der Waals surface area contributed by atoms with E-state index in [9.17, 15) is 4.79 Å². The number of oxazole rings is 1. The molecule has 0 unspecified atom stereocenters. The summed E-state index contributed by atoms with van der Waals surface area (Å²) in [4.78, 5) is 17.2. The third kappa shape index (κ3) is 4.41. The Balaban J connectivity index is 1.51. The molecule has 29 heavy (non-hydrogen) atoms. The number of methoxy groups -OCH3 is 1. The molecule has 1 heterocycles. The van der Waals surface area contributed by atoms with E-state index >= 15 is 0 Å². The van der Waals surface area contributed by atoms with Gasteiger partial charge in [0.15, 0.2) is 11.5 Å². The van der Waals surface area contributed by atoms with Crippen LogP contribution in [0.2, 0.25) is 5.02 Å². The summed E-state index contributed by atoms with van der Waals surface area (Å²) in [7, 11) is 1.54. The first kappa shape index (κ1) is 19.0. The number of nitrogens with one attached hydrogen (secondary N) is 1. The van der Waals surface area contributed by atoms with Gasteiger partial charge in [-0.3, -0.25) is 4.79 Å². The SMILES string of the molecule is COc1ccc(Cl)cc1NC(=O)c1ccc2nc(CCc3ccccc3)oc2c1. The maximum absolute atomic E-state index is 12.7. The van der Waals surface area contributed by atoms with Crippen LogP contribution < -0.4 is 10.1 Å². The Morgan fingerprint density at radius 3 is 2.69 bits per heavy atom. The molecule has 146 valence electrons. The maximum Gasteiger partial charge on any atom is 0.255 e. The van der Waals surface area contributed by atoms with E-state index in [0.29, 0.717) is 39.9 Å². The van der Waals surface area contributed by atoms with Crippen LogP contribution in [0.5, 0.6) is 5.75 Å². The number of anilines is 1. The lowest BCUT2D eigenvalue weighted by molar-refractivity contribution is 0.102. The van der Waals surface area contributed by atoms with Crippen LogP contribution in [0.1, 0.15) is 21.8 Å². The van der Waals surface area contributed by atoms with Crippen LogP contribution in [0.3, 0.4) is 0 Å². The van der Waals surface area contributed by atoms with Gasteiger partial charge in [0, 0.05) is 17.0 Å². The van der Waals surface area contributed by atoms with E-state index in [1.54, 1.807) is 36.4 Å². The minimum absolute atomic E-state index is 0.283. The zero-order chi connectivity index (χ0) is 20.2. The molecule has 0 aliphatic heterocycles. The molecule has 0 radical (unpaired) electrons. The molecule has 1 aromatic heterocycles. The van der Waals surface area contributed by atoms with Crippen LogP contribution in [0.15, 0.2) is 71.1 Å². The summed E-state index contributed by atoms with van der Waals surface area (Å²) in [6.45, 7) is 0. The summed E-state index contributed by atoms with van der Waals surface area (Å²) in [6.07, 6.45) is 1.54. The van der Waals surface area contributed by atoms with Crippen LogP contribution in [0.4, 0.5) is 5.69 Å². The average molecular weight is 407 g/mol. The Labute approximate surface area is 173 Å². The topological polar surface area (TPSA) is 64.4 Å². The number of rotatable bonds is 6. The van der Waals surface area contributed by atoms with E-state index in [4.69, 9.17) is 20.8 Å². The molecule has 0 bridgehead atoms. The minimum atomic E-state index is -0.283. The van der Waals surface area contributed by atoms with Crippen molar-refractivity contribution in [2.24, 2.45) is 0 Å². The van der Waals surface area contributed by atoms with Gasteiger partial charge in [0.1, 0.15) is 11.3 Å². The highest BCUT2D eigenvalue weighted by Crippen LogP contribution is 2.28. The monoisotopic (exact) mass is 406 g/mol. The molecule has 0 fully saturated rings. The van der Waals surface area contributed by atoms with Gasteiger partial charge >= 0.3 is 0 Å². The number of hydrogen-bond donors (Lipinski definition) is 1. The molecule has 0 aliphatic carbocycles. The quantitative estimate of drug-likeness (QED) is 0.457. The lowest BCUT2D eigenvalue weighted by Gasteiger charge is -2.10. The van der Waals surface area contributed by atoms with E-state index in [2.05, 4.69) is 22.4 Å². The van der Waals surface area contributed by atoms with Gasteiger partial charge in [0.05, 0.1) is 12.8 Å². The molecule has 0 saturated carbocycles. The number of fused-ring (bicyclic) bond motifs is 1. The number of carbonyl (C=O) groups excluding carboxylic acids is 1. The Morgan fingerprint density at radius 1 is 1.07 bits per heavy atom. The molecule has 0 saturated heterocycles. The number of hydrogen-bond acceptors (Lipinski definition) is 4. The van der Waals surface area contributed by atoms with Crippen molar-refractivity contribution in [3.05, 3.63) is 88.8 Å². The minimum Gasteiger partial charge on any atom is -0.495 e. The Kier molecular flexibility index (Phi) is 5.49. The van der Waals surface area contributed by atoms with Crippen LogP contribution in [-0.4, -0.2) is 18.0 Å². The first-order valence-corrected chi connectivity index (χ1v) is 9.58. The lowest BCUT2D eigenvalue weighted by atomic mass is 10.1. The molecule has 5 nitrogen and oxygen atoms in total. The summed E-state index contributed by atoms with van der Waals surface area (Å²) in [5.74, 6) is 0.902. The van der Waals surface area contributed by atoms with E-state index < -0.39 is 0 Å². The molecular weight excluding hydrogens is 388 g/mol. The largest absolute Gasteiger partial charge is 0.495 e. The van der Waals surface area contributed by atoms with Crippen LogP contribution in [-0.2, 0) is 12.8 Å². The molecule has 0 spiro atoms. The van der Waals surface area contributed by atoms with Crippen molar-refractivity contribution in [3.63, 3.8) is 0 Å². The molecule has 0 aliphatic rings. The zero-order valence-electron chi connectivity index (χ0n) is 15.8. The second-order valence-corrected chi connectivity index (χ2v) is 7.01. The third-order valence-electron chi connectivity index (χ3n) is 4.58. The van der Waals surface area contributed by atoms with Crippen molar-refractivity contribution in [1.29, 1.82) is 0 Å². The number of aromatic nitrogens is 1. The first-order valence-electron chi connectivity index (χ1n) is 9.20. The molecule has 6 heteroatoms. The number of ether oxygens (including phenoxy) is 1. The molecule has 4 rings (SSSR count). The van der Waals surface area contributed by atoms with E-state index in [1.807, 2.05) is 18.2 Å². The molecule has 1 amide bonds. The summed E-state index contributed by atoms with van der Waals surface area (Å²) >= 11 is 6.03. The van der Waals surface area contributed by atoms with Crippen LogP contribution in [0, 0.1) is 0 Å². The number of amides is 1. The molecule has 4 aromatic rings. The molecule has 3 aromatic carbocycles. The molecule has 0 atom stereocenters. The Bertz CT molecular complexity index is 1160.